The summed E-state index contributed by atoms with van der Waals surface area (Å²) < 4.78 is 0. The first kappa shape index (κ1) is 14.4. The minimum Gasteiger partial charge on any atom is -0.352 e. The normalized spacial score (nSPS) is 16.7. The maximum Gasteiger partial charge on any atom is 0.251 e. The van der Waals surface area contributed by atoms with Crippen molar-refractivity contribution in [3.8, 4) is 0 Å². The number of carbonyl (C=O) groups excluding carboxylic acids is 1. The molecule has 0 aliphatic carbocycles. The van der Waals surface area contributed by atoms with Gasteiger partial charge >= 0.3 is 0 Å². The van der Waals surface area contributed by atoms with Gasteiger partial charge in [0.1, 0.15) is 0 Å². The molecule has 0 fully saturated rings. The van der Waals surface area contributed by atoms with Gasteiger partial charge in [0.15, 0.2) is 0 Å². The minimum absolute atomic E-state index is 0.00348. The second kappa shape index (κ2) is 6.42. The predicted octanol–water partition coefficient (Wildman–Crippen LogP) is 4.08. The van der Waals surface area contributed by atoms with E-state index < -0.39 is 0 Å². The molecular formula is C16H22ClNO. The molecule has 0 bridgehead atoms. The first-order valence-corrected chi connectivity index (χ1v) is 7.56. The lowest BCUT2D eigenvalue weighted by Crippen LogP contribution is -2.22. The second-order valence-corrected chi connectivity index (χ2v) is 6.24. The van der Waals surface area contributed by atoms with Crippen LogP contribution in [0.1, 0.15) is 60.0 Å². The molecule has 3 heteroatoms. The fourth-order valence-electron chi connectivity index (χ4n) is 2.44. The Kier molecular flexibility index (Phi) is 4.87. The van der Waals surface area contributed by atoms with Gasteiger partial charge in [-0.3, -0.25) is 4.79 Å². The summed E-state index contributed by atoms with van der Waals surface area (Å²) in [4.78, 5) is 12.0. The molecule has 1 aromatic carbocycles. The molecule has 1 aliphatic heterocycles. The molecule has 1 atom stereocenters. The number of carbonyl (C=O) groups is 1. The molecule has 2 nitrogen and oxygen atoms in total. The molecule has 1 unspecified atom stereocenters. The number of amides is 1. The first-order chi connectivity index (χ1) is 9.08. The molecule has 1 amide bonds. The van der Waals surface area contributed by atoms with Gasteiger partial charge in [-0.1, -0.05) is 26.0 Å². The Bertz CT molecular complexity index is 456. The fraction of sp³-hybridized carbons (Fsp3) is 0.562. The third-order valence-electron chi connectivity index (χ3n) is 3.65. The molecule has 104 valence electrons. The number of benzene rings is 1. The highest BCUT2D eigenvalue weighted by Crippen LogP contribution is 2.29. The van der Waals surface area contributed by atoms with Crippen molar-refractivity contribution >= 4 is 17.5 Å². The lowest BCUT2D eigenvalue weighted by Gasteiger charge is -2.14. The van der Waals surface area contributed by atoms with Crippen molar-refractivity contribution in [1.29, 1.82) is 0 Å². The Balaban J connectivity index is 2.17. The number of aryl methyl sites for hydroxylation is 1. The van der Waals surface area contributed by atoms with Crippen LogP contribution in [0.25, 0.3) is 0 Å². The zero-order chi connectivity index (χ0) is 13.8. The summed E-state index contributed by atoms with van der Waals surface area (Å²) in [6.45, 7) is 5.17. The summed E-state index contributed by atoms with van der Waals surface area (Å²) in [5.41, 5.74) is 3.02. The molecule has 0 saturated heterocycles. The van der Waals surface area contributed by atoms with Gasteiger partial charge in [0.05, 0.1) is 5.38 Å². The van der Waals surface area contributed by atoms with Crippen LogP contribution in [0.2, 0.25) is 0 Å². The topological polar surface area (TPSA) is 29.1 Å². The second-order valence-electron chi connectivity index (χ2n) is 5.71. The highest BCUT2D eigenvalue weighted by atomic mass is 35.5. The standard InChI is InChI=1S/C16H22ClNO/c1-11(2)5-8-15(17)13-7-6-12-4-3-9-18-16(19)14(12)10-13/h6-7,10-11,15H,3-5,8-9H2,1-2H3,(H,18,19). The smallest absolute Gasteiger partial charge is 0.251 e. The summed E-state index contributed by atoms with van der Waals surface area (Å²) in [6, 6.07) is 6.13. The molecule has 0 spiro atoms. The number of hydrogen-bond donors (Lipinski definition) is 1. The summed E-state index contributed by atoms with van der Waals surface area (Å²) in [5.74, 6) is 0.701. The monoisotopic (exact) mass is 279 g/mol. The summed E-state index contributed by atoms with van der Waals surface area (Å²) >= 11 is 6.45. The average molecular weight is 280 g/mol. The van der Waals surface area contributed by atoms with Crippen LogP contribution in [-0.4, -0.2) is 12.5 Å². The Hall–Kier alpha value is -1.02. The SMILES string of the molecule is CC(C)CCC(Cl)c1ccc2c(c1)C(=O)NCCC2. The number of nitrogens with one attached hydrogen (secondary N) is 1. The molecule has 0 aromatic heterocycles. The molecule has 0 saturated carbocycles. The van der Waals surface area contributed by atoms with Gasteiger partial charge in [-0.15, -0.1) is 11.6 Å². The zero-order valence-corrected chi connectivity index (χ0v) is 12.5. The van der Waals surface area contributed by atoms with Crippen LogP contribution >= 0.6 is 11.6 Å². The molecule has 1 N–H and O–H groups in total. The van der Waals surface area contributed by atoms with Crippen molar-refractivity contribution in [1.82, 2.24) is 5.32 Å². The van der Waals surface area contributed by atoms with E-state index in [2.05, 4.69) is 31.3 Å². The van der Waals surface area contributed by atoms with Gasteiger partial charge in [-0.2, -0.15) is 0 Å². The molecule has 2 rings (SSSR count). The molecule has 19 heavy (non-hydrogen) atoms. The maximum absolute atomic E-state index is 12.0. The summed E-state index contributed by atoms with van der Waals surface area (Å²) in [5, 5.41) is 2.94. The first-order valence-electron chi connectivity index (χ1n) is 7.13. The average Bonchev–Trinajstić information content (AvgIpc) is 2.58. The van der Waals surface area contributed by atoms with Crippen LogP contribution in [0.4, 0.5) is 0 Å². The highest BCUT2D eigenvalue weighted by Gasteiger charge is 2.17. The third-order valence-corrected chi connectivity index (χ3v) is 4.12. The van der Waals surface area contributed by atoms with Crippen molar-refractivity contribution < 1.29 is 4.79 Å². The van der Waals surface area contributed by atoms with E-state index in [-0.39, 0.29) is 11.3 Å². The van der Waals surface area contributed by atoms with Crippen molar-refractivity contribution in [2.45, 2.75) is 44.9 Å². The molecule has 1 heterocycles. The van der Waals surface area contributed by atoms with Crippen molar-refractivity contribution in [3.05, 3.63) is 34.9 Å². The quantitative estimate of drug-likeness (QED) is 0.827. The zero-order valence-electron chi connectivity index (χ0n) is 11.7. The minimum atomic E-state index is 0.00348. The van der Waals surface area contributed by atoms with E-state index in [1.807, 2.05) is 6.07 Å². The van der Waals surface area contributed by atoms with E-state index in [0.29, 0.717) is 5.92 Å². The van der Waals surface area contributed by atoms with Crippen LogP contribution in [-0.2, 0) is 6.42 Å². The van der Waals surface area contributed by atoms with Gasteiger partial charge in [0, 0.05) is 12.1 Å². The third kappa shape index (κ3) is 3.73. The maximum atomic E-state index is 12.0. The number of halogens is 1. The van der Waals surface area contributed by atoms with Crippen molar-refractivity contribution in [2.75, 3.05) is 6.54 Å². The highest BCUT2D eigenvalue weighted by molar-refractivity contribution is 6.20. The Morgan fingerprint density at radius 2 is 2.11 bits per heavy atom. The lowest BCUT2D eigenvalue weighted by atomic mass is 9.96. The van der Waals surface area contributed by atoms with E-state index in [0.717, 1.165) is 48.9 Å². The number of fused-ring (bicyclic) bond motifs is 1. The number of alkyl halides is 1. The van der Waals surface area contributed by atoms with Crippen LogP contribution in [0.15, 0.2) is 18.2 Å². The van der Waals surface area contributed by atoms with Gasteiger partial charge in [-0.05, 0) is 48.8 Å². The van der Waals surface area contributed by atoms with Gasteiger partial charge < -0.3 is 5.32 Å². The molecule has 1 aromatic rings. The van der Waals surface area contributed by atoms with Crippen LogP contribution in [0.3, 0.4) is 0 Å². The molecular weight excluding hydrogens is 258 g/mol. The van der Waals surface area contributed by atoms with Crippen molar-refractivity contribution in [3.63, 3.8) is 0 Å². The molecule has 1 aliphatic rings. The van der Waals surface area contributed by atoms with Crippen molar-refractivity contribution in [2.24, 2.45) is 5.92 Å². The van der Waals surface area contributed by atoms with Crippen LogP contribution in [0.5, 0.6) is 0 Å². The predicted molar refractivity (Wildman–Crippen MR) is 79.8 cm³/mol. The fourth-order valence-corrected chi connectivity index (χ4v) is 2.70. The largest absolute Gasteiger partial charge is 0.352 e. The summed E-state index contributed by atoms with van der Waals surface area (Å²) in [7, 11) is 0. The Morgan fingerprint density at radius 1 is 1.32 bits per heavy atom. The van der Waals surface area contributed by atoms with Crippen LogP contribution in [0, 0.1) is 5.92 Å². The Morgan fingerprint density at radius 3 is 2.84 bits per heavy atom. The van der Waals surface area contributed by atoms with E-state index in [1.54, 1.807) is 0 Å². The summed E-state index contributed by atoms with van der Waals surface area (Å²) in [6.07, 6.45) is 4.04. The number of hydrogen-bond acceptors (Lipinski definition) is 1. The van der Waals surface area contributed by atoms with Gasteiger partial charge in [-0.25, -0.2) is 0 Å². The Labute approximate surface area is 120 Å². The van der Waals surface area contributed by atoms with Gasteiger partial charge in [0.2, 0.25) is 0 Å². The van der Waals surface area contributed by atoms with Crippen LogP contribution < -0.4 is 5.32 Å². The molecule has 0 radical (unpaired) electrons. The van der Waals surface area contributed by atoms with E-state index in [9.17, 15) is 4.79 Å². The lowest BCUT2D eigenvalue weighted by molar-refractivity contribution is 0.0956. The van der Waals surface area contributed by atoms with E-state index >= 15 is 0 Å². The van der Waals surface area contributed by atoms with Gasteiger partial charge in [0.25, 0.3) is 5.91 Å². The number of rotatable bonds is 4. The van der Waals surface area contributed by atoms with E-state index in [1.165, 1.54) is 0 Å². The van der Waals surface area contributed by atoms with E-state index in [4.69, 9.17) is 11.6 Å².